The summed E-state index contributed by atoms with van der Waals surface area (Å²) in [6.07, 6.45) is 2.57. The summed E-state index contributed by atoms with van der Waals surface area (Å²) >= 11 is 12.8. The lowest BCUT2D eigenvalue weighted by Crippen LogP contribution is -2.46. The lowest BCUT2D eigenvalue weighted by atomic mass is 9.98. The smallest absolute Gasteiger partial charge is 0.219 e. The van der Waals surface area contributed by atoms with E-state index in [1.807, 2.05) is 44.2 Å². The van der Waals surface area contributed by atoms with Gasteiger partial charge in [0.05, 0.1) is 11.2 Å². The van der Waals surface area contributed by atoms with Crippen LogP contribution in [0, 0.1) is 13.8 Å². The molecule has 0 bridgehead atoms. The highest BCUT2D eigenvalue weighted by Crippen LogP contribution is 2.36. The van der Waals surface area contributed by atoms with E-state index in [1.165, 1.54) is 11.1 Å². The average molecular weight is 631 g/mol. The van der Waals surface area contributed by atoms with Crippen molar-refractivity contribution in [2.75, 3.05) is 32.7 Å². The van der Waals surface area contributed by atoms with Crippen molar-refractivity contribution in [3.63, 3.8) is 0 Å². The van der Waals surface area contributed by atoms with E-state index in [-0.39, 0.29) is 0 Å². The molecule has 228 valence electrons. The minimum atomic E-state index is 0.418. The van der Waals surface area contributed by atoms with Gasteiger partial charge in [0.15, 0.2) is 5.75 Å². The Balaban J connectivity index is 1.21. The van der Waals surface area contributed by atoms with E-state index in [0.29, 0.717) is 41.1 Å². The molecule has 0 unspecified atom stereocenters. The number of hydrogen-bond acceptors (Lipinski definition) is 6. The summed E-state index contributed by atoms with van der Waals surface area (Å²) in [6, 6.07) is 23.8. The molecule has 0 atom stereocenters. The van der Waals surface area contributed by atoms with E-state index in [0.717, 1.165) is 66.3 Å². The lowest BCUT2D eigenvalue weighted by molar-refractivity contribution is -0.104. The molecule has 1 aliphatic rings. The molecule has 5 rings (SSSR count). The van der Waals surface area contributed by atoms with Crippen LogP contribution in [0.5, 0.6) is 17.4 Å². The van der Waals surface area contributed by atoms with Gasteiger partial charge in [0.2, 0.25) is 5.88 Å². The van der Waals surface area contributed by atoms with E-state index >= 15 is 0 Å². The van der Waals surface area contributed by atoms with Gasteiger partial charge in [0.1, 0.15) is 18.6 Å². The largest absolute Gasteiger partial charge is 0.487 e. The summed E-state index contributed by atoms with van der Waals surface area (Å²) < 4.78 is 12.0. The van der Waals surface area contributed by atoms with Gasteiger partial charge < -0.3 is 9.47 Å². The highest BCUT2D eigenvalue weighted by molar-refractivity contribution is 6.32. The number of piperazine rings is 1. The fourth-order valence-corrected chi connectivity index (χ4v) is 5.63. The summed E-state index contributed by atoms with van der Waals surface area (Å²) in [4.78, 5) is 21.2. The number of benzene rings is 3. The number of hydrogen-bond donors (Lipinski definition) is 0. The Bertz CT molecular complexity index is 1570. The van der Waals surface area contributed by atoms with Crippen molar-refractivity contribution >= 4 is 35.1 Å². The Labute approximate surface area is 269 Å². The molecule has 2 heterocycles. The minimum Gasteiger partial charge on any atom is -0.487 e. The number of ether oxygens (including phenoxy) is 2. The third-order valence-electron chi connectivity index (χ3n) is 7.84. The second kappa shape index (κ2) is 14.9. The number of allylic oxidation sites excluding steroid dienone is 1. The van der Waals surface area contributed by atoms with Crippen LogP contribution in [0.1, 0.15) is 34.7 Å². The van der Waals surface area contributed by atoms with Crippen LogP contribution in [0.2, 0.25) is 10.0 Å². The second-order valence-corrected chi connectivity index (χ2v) is 12.1. The maximum Gasteiger partial charge on any atom is 0.219 e. The van der Waals surface area contributed by atoms with Crippen LogP contribution in [0.3, 0.4) is 0 Å². The molecule has 4 aromatic rings. The SMILES string of the molecule is C/C(C=O)=C(\CN1CCN(Cc2ccc(Cl)cc2)CC1)c1cc(C)c(Oc2ccc(OCc3ccc(C)cc3)cn2)c(Cl)c1. The first-order valence-corrected chi connectivity index (χ1v) is 15.5. The average Bonchev–Trinajstić information content (AvgIpc) is 3.03. The summed E-state index contributed by atoms with van der Waals surface area (Å²) in [7, 11) is 0. The van der Waals surface area contributed by atoms with Gasteiger partial charge in [-0.2, -0.15) is 0 Å². The van der Waals surface area contributed by atoms with Gasteiger partial charge in [-0.05, 0) is 84.5 Å². The van der Waals surface area contributed by atoms with Crippen molar-refractivity contribution in [3.05, 3.63) is 122 Å². The van der Waals surface area contributed by atoms with Crippen molar-refractivity contribution < 1.29 is 14.3 Å². The molecule has 6 nitrogen and oxygen atoms in total. The van der Waals surface area contributed by atoms with E-state index in [1.54, 1.807) is 12.3 Å². The Morgan fingerprint density at radius 1 is 0.886 bits per heavy atom. The maximum atomic E-state index is 11.9. The topological polar surface area (TPSA) is 54.9 Å². The van der Waals surface area contributed by atoms with E-state index in [2.05, 4.69) is 58.1 Å². The van der Waals surface area contributed by atoms with Crippen molar-refractivity contribution in [1.82, 2.24) is 14.8 Å². The Morgan fingerprint density at radius 2 is 1.57 bits per heavy atom. The highest BCUT2D eigenvalue weighted by Gasteiger charge is 2.21. The number of halogens is 2. The van der Waals surface area contributed by atoms with E-state index in [4.69, 9.17) is 32.7 Å². The maximum absolute atomic E-state index is 11.9. The molecule has 1 aromatic heterocycles. The minimum absolute atomic E-state index is 0.418. The summed E-state index contributed by atoms with van der Waals surface area (Å²) in [5.74, 6) is 1.61. The van der Waals surface area contributed by atoms with Crippen molar-refractivity contribution in [1.29, 1.82) is 0 Å². The van der Waals surface area contributed by atoms with Crippen molar-refractivity contribution in [2.24, 2.45) is 0 Å². The zero-order chi connectivity index (χ0) is 31.1. The Hall–Kier alpha value is -3.68. The monoisotopic (exact) mass is 629 g/mol. The highest BCUT2D eigenvalue weighted by atomic mass is 35.5. The van der Waals surface area contributed by atoms with Gasteiger partial charge >= 0.3 is 0 Å². The standard InChI is InChI=1S/C36H37Cl2N3O3/c1-25-4-6-29(7-5-25)24-43-32-12-13-35(39-20-32)44-36-26(2)18-30(19-34(36)38)33(27(3)23-42)22-41-16-14-40(15-17-41)21-28-8-10-31(37)11-9-28/h4-13,18-20,23H,14-17,21-22,24H2,1-3H3/b33-27-. The predicted octanol–water partition coefficient (Wildman–Crippen LogP) is 8.17. The van der Waals surface area contributed by atoms with Gasteiger partial charge in [0, 0.05) is 50.4 Å². The molecule has 1 saturated heterocycles. The van der Waals surface area contributed by atoms with E-state index < -0.39 is 0 Å². The molecule has 8 heteroatoms. The third kappa shape index (κ3) is 8.48. The number of rotatable bonds is 11. The predicted molar refractivity (Wildman–Crippen MR) is 178 cm³/mol. The van der Waals surface area contributed by atoms with Crippen LogP contribution < -0.4 is 9.47 Å². The van der Waals surface area contributed by atoms with E-state index in [9.17, 15) is 4.79 Å². The lowest BCUT2D eigenvalue weighted by Gasteiger charge is -2.35. The van der Waals surface area contributed by atoms with Crippen LogP contribution >= 0.6 is 23.2 Å². The normalized spacial score (nSPS) is 14.7. The fourth-order valence-electron chi connectivity index (χ4n) is 5.19. The summed E-state index contributed by atoms with van der Waals surface area (Å²) in [5, 5.41) is 1.22. The molecule has 0 amide bonds. The molecule has 1 aliphatic heterocycles. The number of nitrogens with zero attached hydrogens (tertiary/aromatic N) is 3. The molecule has 0 spiro atoms. The molecule has 0 saturated carbocycles. The molecular weight excluding hydrogens is 593 g/mol. The van der Waals surface area contributed by atoms with Crippen LogP contribution in [-0.4, -0.2) is 53.8 Å². The summed E-state index contributed by atoms with van der Waals surface area (Å²) in [6.45, 7) is 11.6. The molecule has 0 radical (unpaired) electrons. The van der Waals surface area contributed by atoms with Crippen LogP contribution in [0.4, 0.5) is 0 Å². The number of carbonyl (C=O) groups is 1. The number of aryl methyl sites for hydroxylation is 2. The number of pyridine rings is 1. The molecule has 0 aliphatic carbocycles. The number of aromatic nitrogens is 1. The van der Waals surface area contributed by atoms with Gasteiger partial charge in [-0.15, -0.1) is 0 Å². The Kier molecular flexibility index (Phi) is 10.7. The molecule has 1 fully saturated rings. The summed E-state index contributed by atoms with van der Waals surface area (Å²) in [5.41, 5.74) is 7.00. The fraction of sp³-hybridized carbons (Fsp3) is 0.278. The molecule has 0 N–H and O–H groups in total. The zero-order valence-corrected chi connectivity index (χ0v) is 26.9. The van der Waals surface area contributed by atoms with Crippen LogP contribution in [-0.2, 0) is 17.9 Å². The van der Waals surface area contributed by atoms with Crippen molar-refractivity contribution in [2.45, 2.75) is 33.9 Å². The first-order chi connectivity index (χ1) is 21.3. The van der Waals surface area contributed by atoms with Crippen LogP contribution in [0.15, 0.2) is 84.6 Å². The van der Waals surface area contributed by atoms with Gasteiger partial charge in [-0.1, -0.05) is 65.2 Å². The second-order valence-electron chi connectivity index (χ2n) is 11.3. The first kappa shape index (κ1) is 31.7. The van der Waals surface area contributed by atoms with Crippen LogP contribution in [0.25, 0.3) is 5.57 Å². The molecular formula is C36H37Cl2N3O3. The first-order valence-electron chi connectivity index (χ1n) is 14.7. The molecule has 44 heavy (non-hydrogen) atoms. The Morgan fingerprint density at radius 3 is 2.20 bits per heavy atom. The quantitative estimate of drug-likeness (QED) is 0.123. The van der Waals surface area contributed by atoms with Gasteiger partial charge in [-0.25, -0.2) is 4.98 Å². The van der Waals surface area contributed by atoms with Crippen molar-refractivity contribution in [3.8, 4) is 17.4 Å². The number of carbonyl (C=O) groups excluding carboxylic acids is 1. The zero-order valence-electron chi connectivity index (χ0n) is 25.4. The van der Waals surface area contributed by atoms with Gasteiger partial charge in [-0.3, -0.25) is 14.6 Å². The van der Waals surface area contributed by atoms with Gasteiger partial charge in [0.25, 0.3) is 0 Å². The molecule has 3 aromatic carbocycles. The number of aldehydes is 1. The third-order valence-corrected chi connectivity index (χ3v) is 8.37.